The van der Waals surface area contributed by atoms with E-state index in [0.29, 0.717) is 23.0 Å². The van der Waals surface area contributed by atoms with Gasteiger partial charge in [-0.05, 0) is 51.0 Å². The molecule has 0 N–H and O–H groups in total. The summed E-state index contributed by atoms with van der Waals surface area (Å²) < 4.78 is 35.9. The molecule has 0 spiro atoms. The van der Waals surface area contributed by atoms with Crippen LogP contribution in [0.25, 0.3) is 0 Å². The molecule has 0 aliphatic heterocycles. The van der Waals surface area contributed by atoms with Crippen LogP contribution in [0.15, 0.2) is 58.3 Å². The van der Waals surface area contributed by atoms with E-state index in [9.17, 15) is 8.42 Å². The SMILES string of the molecule is Cc1ccc(S(=O)(=S)OCCCCCCCCCCOS(=O)(=S)c2ccc(C)cc2)cc1. The highest BCUT2D eigenvalue weighted by Crippen LogP contribution is 2.16. The van der Waals surface area contributed by atoms with E-state index in [-0.39, 0.29) is 0 Å². The van der Waals surface area contributed by atoms with Crippen molar-refractivity contribution in [3.05, 3.63) is 59.7 Å². The van der Waals surface area contributed by atoms with Crippen molar-refractivity contribution in [2.24, 2.45) is 0 Å². The van der Waals surface area contributed by atoms with E-state index in [2.05, 4.69) is 0 Å². The minimum absolute atomic E-state index is 0.425. The molecular formula is C24H34O4S4. The van der Waals surface area contributed by atoms with E-state index >= 15 is 0 Å². The average molecular weight is 515 g/mol. The second kappa shape index (κ2) is 13.7. The Hall–Kier alpha value is -0.900. The summed E-state index contributed by atoms with van der Waals surface area (Å²) in [6.45, 7) is 4.81. The summed E-state index contributed by atoms with van der Waals surface area (Å²) in [6.07, 6.45) is 8.35. The van der Waals surface area contributed by atoms with Crippen molar-refractivity contribution in [3.8, 4) is 0 Å². The topological polar surface area (TPSA) is 52.6 Å². The summed E-state index contributed by atoms with van der Waals surface area (Å²) in [7, 11) is -5.65. The van der Waals surface area contributed by atoms with Crippen LogP contribution >= 0.6 is 0 Å². The maximum absolute atomic E-state index is 12.5. The molecule has 8 heteroatoms. The van der Waals surface area contributed by atoms with Gasteiger partial charge in [0, 0.05) is 22.4 Å². The van der Waals surface area contributed by atoms with Gasteiger partial charge >= 0.3 is 0 Å². The van der Waals surface area contributed by atoms with Crippen LogP contribution in [0.2, 0.25) is 0 Å². The van der Waals surface area contributed by atoms with E-state index in [0.717, 1.165) is 62.5 Å². The highest BCUT2D eigenvalue weighted by atomic mass is 32.8. The third-order valence-electron chi connectivity index (χ3n) is 5.13. The average Bonchev–Trinajstić information content (AvgIpc) is 2.75. The molecule has 2 rings (SSSR count). The zero-order valence-corrected chi connectivity index (χ0v) is 22.2. The Balaban J connectivity index is 1.47. The molecule has 2 aromatic rings. The molecule has 0 radical (unpaired) electrons. The van der Waals surface area contributed by atoms with E-state index < -0.39 is 17.5 Å². The van der Waals surface area contributed by atoms with Crippen LogP contribution in [0, 0.1) is 13.8 Å². The number of hydrogen-bond donors (Lipinski definition) is 0. The zero-order valence-electron chi connectivity index (χ0n) is 19.0. The van der Waals surface area contributed by atoms with Crippen molar-refractivity contribution in [1.82, 2.24) is 0 Å². The molecule has 0 aliphatic carbocycles. The van der Waals surface area contributed by atoms with Gasteiger partial charge in [0.25, 0.3) is 0 Å². The van der Waals surface area contributed by atoms with Gasteiger partial charge in [-0.2, -0.15) is 0 Å². The highest BCUT2D eigenvalue weighted by molar-refractivity contribution is 8.30. The van der Waals surface area contributed by atoms with E-state index in [4.69, 9.17) is 30.7 Å². The first-order valence-electron chi connectivity index (χ1n) is 11.1. The molecule has 0 bridgehead atoms. The van der Waals surface area contributed by atoms with Gasteiger partial charge in [-0.1, -0.05) is 73.9 Å². The lowest BCUT2D eigenvalue weighted by atomic mass is 10.1. The van der Waals surface area contributed by atoms with Crippen molar-refractivity contribution < 1.29 is 16.8 Å². The molecule has 0 aliphatic rings. The van der Waals surface area contributed by atoms with Crippen molar-refractivity contribution in [1.29, 1.82) is 0 Å². The molecule has 0 saturated heterocycles. The van der Waals surface area contributed by atoms with Gasteiger partial charge in [-0.25, -0.2) is 8.42 Å². The van der Waals surface area contributed by atoms with Crippen molar-refractivity contribution in [3.63, 3.8) is 0 Å². The fourth-order valence-corrected chi connectivity index (χ4v) is 6.11. The minimum Gasteiger partial charge on any atom is -0.286 e. The predicted molar refractivity (Wildman–Crippen MR) is 139 cm³/mol. The zero-order chi connectivity index (χ0) is 23.5. The Labute approximate surface area is 203 Å². The van der Waals surface area contributed by atoms with Gasteiger partial charge in [-0.15, -0.1) is 0 Å². The molecule has 32 heavy (non-hydrogen) atoms. The predicted octanol–water partition coefficient (Wildman–Crippen LogP) is 6.20. The second-order valence-corrected chi connectivity index (χ2v) is 13.9. The van der Waals surface area contributed by atoms with Gasteiger partial charge in [-0.3, -0.25) is 8.37 Å². The van der Waals surface area contributed by atoms with Gasteiger partial charge < -0.3 is 0 Å². The molecular weight excluding hydrogens is 481 g/mol. The molecule has 0 amide bonds. The summed E-state index contributed by atoms with van der Waals surface area (Å²) in [4.78, 5) is 1.15. The maximum Gasteiger partial charge on any atom is 0.173 e. The summed E-state index contributed by atoms with van der Waals surface area (Å²) in [5.41, 5.74) is 2.21. The lowest BCUT2D eigenvalue weighted by Crippen LogP contribution is -2.06. The number of unbranched alkanes of at least 4 members (excludes halogenated alkanes) is 7. The first kappa shape index (κ1) is 27.3. The quantitative estimate of drug-likeness (QED) is 0.264. The molecule has 4 nitrogen and oxygen atoms in total. The second-order valence-electron chi connectivity index (χ2n) is 8.01. The molecule has 2 unspecified atom stereocenters. The summed E-state index contributed by atoms with van der Waals surface area (Å²) in [5.74, 6) is 0. The number of benzene rings is 2. The largest absolute Gasteiger partial charge is 0.286 e. The van der Waals surface area contributed by atoms with Gasteiger partial charge in [0.1, 0.15) is 0 Å². The Kier molecular flexibility index (Phi) is 11.7. The molecule has 0 aromatic heterocycles. The number of hydrogen-bond acceptors (Lipinski definition) is 6. The van der Waals surface area contributed by atoms with Crippen LogP contribution in [-0.2, 0) is 48.3 Å². The van der Waals surface area contributed by atoms with Crippen LogP contribution in [-0.4, -0.2) is 21.6 Å². The maximum atomic E-state index is 12.5. The van der Waals surface area contributed by atoms with Gasteiger partial charge in [0.05, 0.1) is 23.0 Å². The highest BCUT2D eigenvalue weighted by Gasteiger charge is 2.11. The lowest BCUT2D eigenvalue weighted by molar-refractivity contribution is 0.326. The fourth-order valence-electron chi connectivity index (χ4n) is 3.15. The summed E-state index contributed by atoms with van der Waals surface area (Å²) >= 11 is 10.3. The third kappa shape index (κ3) is 9.93. The van der Waals surface area contributed by atoms with Crippen LogP contribution in [0.4, 0.5) is 0 Å². The minimum atomic E-state index is -2.82. The van der Waals surface area contributed by atoms with Crippen molar-refractivity contribution in [2.75, 3.05) is 13.2 Å². The monoisotopic (exact) mass is 514 g/mol. The van der Waals surface area contributed by atoms with Crippen molar-refractivity contribution >= 4 is 39.9 Å². The molecule has 2 atom stereocenters. The van der Waals surface area contributed by atoms with Crippen LogP contribution in [0.1, 0.15) is 62.5 Å². The van der Waals surface area contributed by atoms with Crippen LogP contribution in [0.5, 0.6) is 0 Å². The molecule has 2 aromatic carbocycles. The number of rotatable bonds is 15. The summed E-state index contributed by atoms with van der Waals surface area (Å²) in [5, 5.41) is 0. The smallest absolute Gasteiger partial charge is 0.173 e. The number of aryl methyl sites for hydroxylation is 2. The molecule has 0 saturated carbocycles. The standard InChI is InChI=1S/C24H34O4S4/c1-21-11-15-23(16-12-21)31(25,29)27-19-9-7-5-3-4-6-8-10-20-28-32(26,30)24-17-13-22(2)14-18-24/h11-18H,3-10,19-20H2,1-2H3. The van der Waals surface area contributed by atoms with Crippen molar-refractivity contribution in [2.45, 2.75) is 75.0 Å². The van der Waals surface area contributed by atoms with E-state index in [1.54, 1.807) is 24.3 Å². The third-order valence-corrected chi connectivity index (χ3v) is 9.52. The van der Waals surface area contributed by atoms with E-state index in [1.165, 1.54) is 0 Å². The first-order valence-corrected chi connectivity index (χ1v) is 15.9. The first-order chi connectivity index (χ1) is 15.2. The van der Waals surface area contributed by atoms with E-state index in [1.807, 2.05) is 38.1 Å². The Morgan fingerprint density at radius 3 is 1.16 bits per heavy atom. The Morgan fingerprint density at radius 1 is 0.562 bits per heavy atom. The van der Waals surface area contributed by atoms with Crippen LogP contribution in [0.3, 0.4) is 0 Å². The fraction of sp³-hybridized carbons (Fsp3) is 0.500. The molecule has 178 valence electrons. The van der Waals surface area contributed by atoms with Gasteiger partial charge in [0.2, 0.25) is 0 Å². The lowest BCUT2D eigenvalue weighted by Gasteiger charge is -2.09. The summed E-state index contributed by atoms with van der Waals surface area (Å²) in [6, 6.07) is 14.7. The normalized spacial score (nSPS) is 15.2. The molecule has 0 fully saturated rings. The van der Waals surface area contributed by atoms with Crippen LogP contribution < -0.4 is 0 Å². The Morgan fingerprint density at radius 2 is 0.844 bits per heavy atom. The molecule has 0 heterocycles. The Bertz CT molecular complexity index is 927. The van der Waals surface area contributed by atoms with Gasteiger partial charge in [0.15, 0.2) is 17.5 Å².